The second kappa shape index (κ2) is 10.1. The number of hydrogen-bond donors (Lipinski definition) is 2. The predicted molar refractivity (Wildman–Crippen MR) is 132 cm³/mol. The zero-order chi connectivity index (χ0) is 22.5. The van der Waals surface area contributed by atoms with Crippen LogP contribution >= 0.6 is 11.8 Å². The lowest BCUT2D eigenvalue weighted by atomic mass is 9.94. The molecule has 0 aliphatic carbocycles. The Labute approximate surface area is 192 Å². The van der Waals surface area contributed by atoms with Gasteiger partial charge in [-0.2, -0.15) is 0 Å². The van der Waals surface area contributed by atoms with Crippen LogP contribution in [0.15, 0.2) is 61.2 Å². The molecule has 3 heterocycles. The number of fused-ring (bicyclic) bond motifs is 1. The zero-order valence-electron chi connectivity index (χ0n) is 18.5. The van der Waals surface area contributed by atoms with Crippen molar-refractivity contribution in [3.05, 3.63) is 78.0 Å². The Kier molecular flexibility index (Phi) is 6.97. The topological polar surface area (TPSA) is 83.8 Å². The first kappa shape index (κ1) is 22.2. The minimum atomic E-state index is 0.0185. The van der Waals surface area contributed by atoms with E-state index in [4.69, 9.17) is 0 Å². The summed E-state index contributed by atoms with van der Waals surface area (Å²) in [6.07, 6.45) is 5.19. The molecule has 32 heavy (non-hydrogen) atoms. The summed E-state index contributed by atoms with van der Waals surface area (Å²) < 4.78 is 0. The Morgan fingerprint density at radius 3 is 2.69 bits per heavy atom. The number of hydrogen-bond acceptors (Lipinski definition) is 7. The second-order valence-corrected chi connectivity index (χ2v) is 9.20. The minimum absolute atomic E-state index is 0.0185. The van der Waals surface area contributed by atoms with E-state index in [1.54, 1.807) is 12.5 Å². The van der Waals surface area contributed by atoms with Crippen LogP contribution in [0, 0.1) is 6.92 Å². The minimum Gasteiger partial charge on any atom is -0.392 e. The van der Waals surface area contributed by atoms with Crippen molar-refractivity contribution in [1.82, 2.24) is 19.9 Å². The maximum atomic E-state index is 9.65. The SMILES string of the molecule is Cc1ccc(-c2cc(NCS[C@@H](C)C(C)c3cccc4c(CO)ccnc34)ncn2)cn1. The average molecular weight is 446 g/mol. The fourth-order valence-corrected chi connectivity index (χ4v) is 4.57. The highest BCUT2D eigenvalue weighted by Gasteiger charge is 2.18. The van der Waals surface area contributed by atoms with Crippen molar-refractivity contribution in [3.63, 3.8) is 0 Å². The number of nitrogens with one attached hydrogen (secondary N) is 1. The van der Waals surface area contributed by atoms with Gasteiger partial charge >= 0.3 is 0 Å². The lowest BCUT2D eigenvalue weighted by Crippen LogP contribution is -2.13. The molecule has 1 unspecified atom stereocenters. The molecule has 7 heteroatoms. The van der Waals surface area contributed by atoms with Gasteiger partial charge in [-0.05, 0) is 42.2 Å². The molecular weight excluding hydrogens is 418 g/mol. The first-order valence-electron chi connectivity index (χ1n) is 10.6. The van der Waals surface area contributed by atoms with Crippen LogP contribution in [-0.2, 0) is 6.61 Å². The number of aryl methyl sites for hydroxylation is 1. The Balaban J connectivity index is 1.41. The van der Waals surface area contributed by atoms with E-state index in [1.807, 2.05) is 61.3 Å². The molecule has 4 aromatic rings. The molecule has 0 saturated carbocycles. The van der Waals surface area contributed by atoms with Crippen molar-refractivity contribution < 1.29 is 5.11 Å². The van der Waals surface area contributed by atoms with Gasteiger partial charge in [0.05, 0.1) is 23.7 Å². The van der Waals surface area contributed by atoms with Gasteiger partial charge in [0.1, 0.15) is 12.1 Å². The van der Waals surface area contributed by atoms with Gasteiger partial charge in [0.15, 0.2) is 0 Å². The zero-order valence-corrected chi connectivity index (χ0v) is 19.3. The summed E-state index contributed by atoms with van der Waals surface area (Å²) in [6.45, 7) is 6.45. The normalized spacial score (nSPS) is 13.1. The third-order valence-corrected chi connectivity index (χ3v) is 6.98. The monoisotopic (exact) mass is 445 g/mol. The summed E-state index contributed by atoms with van der Waals surface area (Å²) in [7, 11) is 0. The van der Waals surface area contributed by atoms with Gasteiger partial charge < -0.3 is 10.4 Å². The van der Waals surface area contributed by atoms with Gasteiger partial charge in [-0.1, -0.05) is 32.0 Å². The smallest absolute Gasteiger partial charge is 0.130 e. The lowest BCUT2D eigenvalue weighted by molar-refractivity contribution is 0.283. The quantitative estimate of drug-likeness (QED) is 0.361. The summed E-state index contributed by atoms with van der Waals surface area (Å²) in [5.74, 6) is 1.82. The van der Waals surface area contributed by atoms with Crippen molar-refractivity contribution >= 4 is 28.5 Å². The molecule has 0 radical (unpaired) electrons. The van der Waals surface area contributed by atoms with E-state index < -0.39 is 0 Å². The summed E-state index contributed by atoms with van der Waals surface area (Å²) in [5, 5.41) is 14.4. The number of para-hydroxylation sites is 1. The third-order valence-electron chi connectivity index (χ3n) is 5.73. The fraction of sp³-hybridized carbons (Fsp3) is 0.280. The van der Waals surface area contributed by atoms with Crippen LogP contribution < -0.4 is 5.32 Å². The molecule has 6 nitrogen and oxygen atoms in total. The van der Waals surface area contributed by atoms with Crippen LogP contribution in [0.2, 0.25) is 0 Å². The number of aliphatic hydroxyl groups is 1. The van der Waals surface area contributed by atoms with Gasteiger partial charge in [-0.3, -0.25) is 9.97 Å². The largest absolute Gasteiger partial charge is 0.392 e. The van der Waals surface area contributed by atoms with Crippen LogP contribution in [0.1, 0.15) is 36.6 Å². The van der Waals surface area contributed by atoms with Crippen molar-refractivity contribution in [2.24, 2.45) is 0 Å². The van der Waals surface area contributed by atoms with Gasteiger partial charge in [-0.15, -0.1) is 11.8 Å². The maximum Gasteiger partial charge on any atom is 0.130 e. The first-order chi connectivity index (χ1) is 15.6. The maximum absolute atomic E-state index is 9.65. The van der Waals surface area contributed by atoms with E-state index >= 15 is 0 Å². The first-order valence-corrected chi connectivity index (χ1v) is 11.7. The molecule has 164 valence electrons. The van der Waals surface area contributed by atoms with E-state index in [0.717, 1.165) is 45.1 Å². The number of rotatable bonds is 8. The predicted octanol–water partition coefficient (Wildman–Crippen LogP) is 5.18. The molecule has 0 saturated heterocycles. The van der Waals surface area contributed by atoms with Crippen molar-refractivity contribution in [3.8, 4) is 11.3 Å². The van der Waals surface area contributed by atoms with E-state index in [-0.39, 0.29) is 6.61 Å². The van der Waals surface area contributed by atoms with Crippen molar-refractivity contribution in [2.45, 2.75) is 38.5 Å². The summed E-state index contributed by atoms with van der Waals surface area (Å²) >= 11 is 1.84. The molecular formula is C25H27N5OS. The Morgan fingerprint density at radius 2 is 1.91 bits per heavy atom. The molecule has 3 aromatic heterocycles. The van der Waals surface area contributed by atoms with Crippen molar-refractivity contribution in [2.75, 3.05) is 11.2 Å². The van der Waals surface area contributed by atoms with Crippen LogP contribution in [0.4, 0.5) is 5.82 Å². The second-order valence-electron chi connectivity index (χ2n) is 7.83. The highest BCUT2D eigenvalue weighted by molar-refractivity contribution is 8.00. The van der Waals surface area contributed by atoms with Crippen LogP contribution in [0.3, 0.4) is 0 Å². The molecule has 0 aliphatic rings. The van der Waals surface area contributed by atoms with Gasteiger partial charge in [-0.25, -0.2) is 9.97 Å². The third kappa shape index (κ3) is 4.89. The molecule has 0 spiro atoms. The van der Waals surface area contributed by atoms with Crippen LogP contribution in [-0.4, -0.2) is 36.2 Å². The number of nitrogens with zero attached hydrogens (tertiary/aromatic N) is 4. The van der Waals surface area contributed by atoms with E-state index in [9.17, 15) is 5.11 Å². The Hall–Kier alpha value is -3.03. The lowest BCUT2D eigenvalue weighted by Gasteiger charge is -2.22. The Morgan fingerprint density at radius 1 is 1.03 bits per heavy atom. The molecule has 4 rings (SSSR count). The number of pyridine rings is 2. The number of anilines is 1. The van der Waals surface area contributed by atoms with Gasteiger partial charge in [0.2, 0.25) is 0 Å². The molecule has 2 atom stereocenters. The van der Waals surface area contributed by atoms with E-state index in [1.165, 1.54) is 5.56 Å². The average Bonchev–Trinajstić information content (AvgIpc) is 2.83. The highest BCUT2D eigenvalue weighted by Crippen LogP contribution is 2.33. The summed E-state index contributed by atoms with van der Waals surface area (Å²) in [5.41, 5.74) is 5.89. The number of benzene rings is 1. The molecule has 0 amide bonds. The van der Waals surface area contributed by atoms with Gasteiger partial charge in [0.25, 0.3) is 0 Å². The Bertz CT molecular complexity index is 1200. The number of aliphatic hydroxyl groups excluding tert-OH is 1. The molecule has 0 bridgehead atoms. The summed E-state index contributed by atoms with van der Waals surface area (Å²) in [6, 6.07) is 14.0. The van der Waals surface area contributed by atoms with Crippen LogP contribution in [0.25, 0.3) is 22.2 Å². The number of thioether (sulfide) groups is 1. The van der Waals surface area contributed by atoms with E-state index in [0.29, 0.717) is 11.2 Å². The van der Waals surface area contributed by atoms with Gasteiger partial charge in [0, 0.05) is 40.4 Å². The molecule has 1 aromatic carbocycles. The van der Waals surface area contributed by atoms with Crippen molar-refractivity contribution in [1.29, 1.82) is 0 Å². The highest BCUT2D eigenvalue weighted by atomic mass is 32.2. The number of aromatic nitrogens is 4. The standard InChI is InChI=1S/C25H27N5OS/c1-16-7-8-19(12-27-16)23-11-24(29-14-28-23)30-15-32-18(3)17(2)21-5-4-6-22-20(13-31)9-10-26-25(21)22/h4-12,14,17-18,31H,13,15H2,1-3H3,(H,28,29,30)/t17?,18-/m0/s1. The molecule has 2 N–H and O–H groups in total. The van der Waals surface area contributed by atoms with Crippen LogP contribution in [0.5, 0.6) is 0 Å². The summed E-state index contributed by atoms with van der Waals surface area (Å²) in [4.78, 5) is 17.7. The van der Waals surface area contributed by atoms with E-state index in [2.05, 4.69) is 45.2 Å². The molecule has 0 aliphatic heterocycles. The fourth-order valence-electron chi connectivity index (χ4n) is 3.64. The molecule has 0 fully saturated rings.